The molecule has 0 saturated carbocycles. The van der Waals surface area contributed by atoms with Crippen LogP contribution in [0.15, 0.2) is 72.8 Å². The first-order valence-corrected chi connectivity index (χ1v) is 11.6. The summed E-state index contributed by atoms with van der Waals surface area (Å²) in [7, 11) is 4.15. The lowest BCUT2D eigenvalue weighted by molar-refractivity contribution is -0.138. The lowest BCUT2D eigenvalue weighted by Crippen LogP contribution is -2.25. The normalized spacial score (nSPS) is 14.1. The summed E-state index contributed by atoms with van der Waals surface area (Å²) in [6, 6.07) is 22.3. The summed E-state index contributed by atoms with van der Waals surface area (Å²) in [6.45, 7) is 5.39. The van der Waals surface area contributed by atoms with Crippen molar-refractivity contribution in [2.45, 2.75) is 38.5 Å². The molecule has 174 valence electrons. The number of hydrogen-bond acceptors (Lipinski definition) is 2. The Labute approximate surface area is 196 Å². The minimum atomic E-state index is -0.939. The summed E-state index contributed by atoms with van der Waals surface area (Å²) in [4.78, 5) is 14.5. The van der Waals surface area contributed by atoms with Crippen LogP contribution in [0.3, 0.4) is 0 Å². The minimum absolute atomic E-state index is 0.329. The van der Waals surface area contributed by atoms with Crippen molar-refractivity contribution in [3.8, 4) is 11.1 Å². The fourth-order valence-corrected chi connectivity index (χ4v) is 4.88. The van der Waals surface area contributed by atoms with Crippen molar-refractivity contribution in [2.24, 2.45) is 5.92 Å². The molecule has 0 aliphatic heterocycles. The molecular weight excluding hydrogens is 413 g/mol. The molecule has 0 amide bonds. The Morgan fingerprint density at radius 1 is 1.00 bits per heavy atom. The molecule has 3 aromatic carbocycles. The van der Waals surface area contributed by atoms with Gasteiger partial charge < -0.3 is 10.0 Å². The third-order valence-electron chi connectivity index (χ3n) is 6.44. The summed E-state index contributed by atoms with van der Waals surface area (Å²) in [5.41, 5.74) is 3.97. The van der Waals surface area contributed by atoms with Crippen LogP contribution < -0.4 is 0 Å². The van der Waals surface area contributed by atoms with E-state index in [0.717, 1.165) is 24.1 Å². The number of hydrogen-bond donors (Lipinski definition) is 1. The van der Waals surface area contributed by atoms with E-state index >= 15 is 0 Å². The summed E-state index contributed by atoms with van der Waals surface area (Å²) in [5, 5.41) is 10.1. The minimum Gasteiger partial charge on any atom is -0.481 e. The molecule has 0 aromatic heterocycles. The molecule has 1 N–H and O–H groups in total. The SMILES string of the molecule is CC[C@@H](c1ccccc1CC(C(=O)O)c1ccc(-c2ccccc2)c(F)c1)[C@@H](C)CN(C)C. The Kier molecular flexibility index (Phi) is 8.40. The monoisotopic (exact) mass is 447 g/mol. The average Bonchev–Trinajstić information content (AvgIpc) is 2.78. The molecule has 0 heterocycles. The van der Waals surface area contributed by atoms with Gasteiger partial charge in [0.05, 0.1) is 5.92 Å². The number of carboxylic acid groups (broad SMARTS) is 1. The molecular formula is C29H34FNO2. The van der Waals surface area contributed by atoms with Crippen molar-refractivity contribution < 1.29 is 14.3 Å². The van der Waals surface area contributed by atoms with Crippen LogP contribution >= 0.6 is 0 Å². The van der Waals surface area contributed by atoms with Crippen molar-refractivity contribution >= 4 is 5.97 Å². The number of halogens is 1. The van der Waals surface area contributed by atoms with Gasteiger partial charge in [-0.25, -0.2) is 4.39 Å². The third-order valence-corrected chi connectivity index (χ3v) is 6.44. The quantitative estimate of drug-likeness (QED) is 0.381. The fourth-order valence-electron chi connectivity index (χ4n) is 4.88. The van der Waals surface area contributed by atoms with Gasteiger partial charge in [-0.15, -0.1) is 0 Å². The maximum atomic E-state index is 15.0. The molecule has 0 aliphatic carbocycles. The van der Waals surface area contributed by atoms with E-state index in [-0.39, 0.29) is 0 Å². The lowest BCUT2D eigenvalue weighted by Gasteiger charge is -2.28. The molecule has 0 aliphatic rings. The molecule has 3 aromatic rings. The van der Waals surface area contributed by atoms with Crippen LogP contribution in [0.2, 0.25) is 0 Å². The number of aliphatic carboxylic acids is 1. The fraction of sp³-hybridized carbons (Fsp3) is 0.345. The second kappa shape index (κ2) is 11.2. The first-order chi connectivity index (χ1) is 15.8. The number of nitrogens with zero attached hydrogens (tertiary/aromatic N) is 1. The van der Waals surface area contributed by atoms with Gasteiger partial charge in [-0.3, -0.25) is 4.79 Å². The highest BCUT2D eigenvalue weighted by atomic mass is 19.1. The largest absolute Gasteiger partial charge is 0.481 e. The average molecular weight is 448 g/mol. The summed E-state index contributed by atoms with van der Waals surface area (Å²) in [5.74, 6) is -1.39. The van der Waals surface area contributed by atoms with Crippen LogP contribution in [0.25, 0.3) is 11.1 Å². The van der Waals surface area contributed by atoms with Crippen LogP contribution in [-0.2, 0) is 11.2 Å². The Balaban J connectivity index is 1.93. The Hall–Kier alpha value is -2.98. The van der Waals surface area contributed by atoms with E-state index < -0.39 is 17.7 Å². The van der Waals surface area contributed by atoms with Gasteiger partial charge >= 0.3 is 5.97 Å². The van der Waals surface area contributed by atoms with E-state index in [1.165, 1.54) is 11.6 Å². The highest BCUT2D eigenvalue weighted by Gasteiger charge is 2.26. The molecule has 0 bridgehead atoms. The van der Waals surface area contributed by atoms with Gasteiger partial charge in [-0.1, -0.05) is 80.6 Å². The first-order valence-electron chi connectivity index (χ1n) is 11.6. The predicted molar refractivity (Wildman–Crippen MR) is 133 cm³/mol. The maximum Gasteiger partial charge on any atom is 0.311 e. The summed E-state index contributed by atoms with van der Waals surface area (Å²) in [6.07, 6.45) is 1.31. The third kappa shape index (κ3) is 6.08. The number of carbonyl (C=O) groups is 1. The molecule has 3 rings (SSSR count). The topological polar surface area (TPSA) is 40.5 Å². The van der Waals surface area contributed by atoms with E-state index in [9.17, 15) is 14.3 Å². The highest BCUT2D eigenvalue weighted by Crippen LogP contribution is 2.34. The molecule has 33 heavy (non-hydrogen) atoms. The van der Waals surface area contributed by atoms with Gasteiger partial charge in [0.2, 0.25) is 0 Å². The van der Waals surface area contributed by atoms with Crippen LogP contribution in [0.1, 0.15) is 48.8 Å². The van der Waals surface area contributed by atoms with Crippen molar-refractivity contribution in [2.75, 3.05) is 20.6 Å². The predicted octanol–water partition coefficient (Wildman–Crippen LogP) is 6.59. The summed E-state index contributed by atoms with van der Waals surface area (Å²) < 4.78 is 15.0. The van der Waals surface area contributed by atoms with Gasteiger partial charge in [0.25, 0.3) is 0 Å². The van der Waals surface area contributed by atoms with Crippen molar-refractivity contribution in [3.63, 3.8) is 0 Å². The number of benzene rings is 3. The van der Waals surface area contributed by atoms with Gasteiger partial charge in [-0.05, 0) is 67.1 Å². The van der Waals surface area contributed by atoms with E-state index in [1.807, 2.05) is 48.5 Å². The van der Waals surface area contributed by atoms with E-state index in [1.54, 1.807) is 12.1 Å². The molecule has 0 radical (unpaired) electrons. The molecule has 0 fully saturated rings. The molecule has 3 atom stereocenters. The first kappa shape index (κ1) is 24.7. The smallest absolute Gasteiger partial charge is 0.311 e. The van der Waals surface area contributed by atoms with Gasteiger partial charge in [-0.2, -0.15) is 0 Å². The zero-order valence-electron chi connectivity index (χ0n) is 20.0. The van der Waals surface area contributed by atoms with Crippen molar-refractivity contribution in [3.05, 3.63) is 95.3 Å². The van der Waals surface area contributed by atoms with Gasteiger partial charge in [0.1, 0.15) is 5.82 Å². The zero-order valence-corrected chi connectivity index (χ0v) is 20.0. The second-order valence-corrected chi connectivity index (χ2v) is 9.15. The Morgan fingerprint density at radius 3 is 2.27 bits per heavy atom. The van der Waals surface area contributed by atoms with Crippen LogP contribution in [0.5, 0.6) is 0 Å². The van der Waals surface area contributed by atoms with Crippen LogP contribution in [-0.4, -0.2) is 36.6 Å². The van der Waals surface area contributed by atoms with E-state index in [0.29, 0.717) is 29.4 Å². The number of carboxylic acids is 1. The second-order valence-electron chi connectivity index (χ2n) is 9.15. The van der Waals surface area contributed by atoms with E-state index in [4.69, 9.17) is 0 Å². The molecule has 3 nitrogen and oxygen atoms in total. The summed E-state index contributed by atoms with van der Waals surface area (Å²) >= 11 is 0. The van der Waals surface area contributed by atoms with Gasteiger partial charge in [0.15, 0.2) is 0 Å². The van der Waals surface area contributed by atoms with Crippen molar-refractivity contribution in [1.82, 2.24) is 4.90 Å². The van der Waals surface area contributed by atoms with Gasteiger partial charge in [0, 0.05) is 12.1 Å². The molecule has 0 saturated heterocycles. The van der Waals surface area contributed by atoms with Crippen LogP contribution in [0, 0.1) is 11.7 Å². The lowest BCUT2D eigenvalue weighted by atomic mass is 9.80. The van der Waals surface area contributed by atoms with Crippen LogP contribution in [0.4, 0.5) is 4.39 Å². The molecule has 4 heteroatoms. The number of rotatable bonds is 10. The zero-order chi connectivity index (χ0) is 24.0. The Morgan fingerprint density at radius 2 is 1.67 bits per heavy atom. The highest BCUT2D eigenvalue weighted by molar-refractivity contribution is 5.77. The maximum absolute atomic E-state index is 15.0. The molecule has 0 spiro atoms. The standard InChI is InChI=1S/C29H34FNO2/c1-5-24(20(2)19-31(3)4)25-14-10-9-13-22(25)17-27(29(32)33)23-15-16-26(28(30)18-23)21-11-7-6-8-12-21/h6-16,18,20,24,27H,5,17,19H2,1-4H3,(H,32,33)/t20-,24+,27?/m0/s1. The molecule has 1 unspecified atom stereocenters. The van der Waals surface area contributed by atoms with E-state index in [2.05, 4.69) is 38.9 Å². The van der Waals surface area contributed by atoms with Crippen molar-refractivity contribution in [1.29, 1.82) is 0 Å². The Bertz CT molecular complexity index is 1060.